The van der Waals surface area contributed by atoms with Gasteiger partial charge in [-0.1, -0.05) is 6.08 Å². The summed E-state index contributed by atoms with van der Waals surface area (Å²) in [5.41, 5.74) is 0. The average molecular weight is 306 g/mol. The molecule has 2 saturated heterocycles. The molecule has 0 bridgehead atoms. The number of hydrogen-bond donors (Lipinski definition) is 0. The lowest BCUT2D eigenvalue weighted by molar-refractivity contribution is -0.166. The number of fused-ring (bicyclic) bond motifs is 3. The first kappa shape index (κ1) is 9.60. The Morgan fingerprint density at radius 2 is 2.29 bits per heavy atom. The molecule has 0 aromatic rings. The molecule has 3 aliphatic rings. The summed E-state index contributed by atoms with van der Waals surface area (Å²) in [4.78, 5) is 0. The Morgan fingerprint density at radius 3 is 3.21 bits per heavy atom. The van der Waals surface area contributed by atoms with Crippen molar-refractivity contribution >= 4 is 22.6 Å². The van der Waals surface area contributed by atoms with E-state index in [0.29, 0.717) is 12.0 Å². The lowest BCUT2D eigenvalue weighted by Crippen LogP contribution is -2.29. The van der Waals surface area contributed by atoms with E-state index >= 15 is 0 Å². The van der Waals surface area contributed by atoms with Gasteiger partial charge in [-0.15, -0.1) is 0 Å². The van der Waals surface area contributed by atoms with Gasteiger partial charge < -0.3 is 9.47 Å². The molecule has 0 aromatic carbocycles. The first-order valence-corrected chi connectivity index (χ1v) is 6.54. The molecule has 2 fully saturated rings. The van der Waals surface area contributed by atoms with Crippen molar-refractivity contribution in [1.29, 1.82) is 0 Å². The van der Waals surface area contributed by atoms with Crippen molar-refractivity contribution in [2.45, 2.75) is 38.1 Å². The molecular formula is C11H15IO2. The third-order valence-corrected chi connectivity index (χ3v) is 4.54. The topological polar surface area (TPSA) is 18.5 Å². The van der Waals surface area contributed by atoms with Crippen LogP contribution in [0.4, 0.5) is 0 Å². The Balaban J connectivity index is 1.79. The van der Waals surface area contributed by atoms with Gasteiger partial charge in [0.2, 0.25) is 0 Å². The molecule has 0 saturated carbocycles. The minimum absolute atomic E-state index is 0.120. The smallest absolute Gasteiger partial charge is 0.161 e. The van der Waals surface area contributed by atoms with E-state index in [1.54, 1.807) is 0 Å². The minimum Gasteiger partial charge on any atom is -0.352 e. The van der Waals surface area contributed by atoms with Crippen LogP contribution in [0.1, 0.15) is 25.7 Å². The van der Waals surface area contributed by atoms with Gasteiger partial charge in [-0.05, 0) is 51.4 Å². The van der Waals surface area contributed by atoms with Crippen LogP contribution in [0, 0.1) is 11.8 Å². The highest BCUT2D eigenvalue weighted by atomic mass is 127. The minimum atomic E-state index is 0.120. The van der Waals surface area contributed by atoms with Gasteiger partial charge in [0.05, 0.1) is 6.10 Å². The van der Waals surface area contributed by atoms with Crippen LogP contribution in [0.5, 0.6) is 0 Å². The molecule has 0 unspecified atom stereocenters. The van der Waals surface area contributed by atoms with Crippen molar-refractivity contribution in [3.8, 4) is 0 Å². The van der Waals surface area contributed by atoms with E-state index in [4.69, 9.17) is 9.47 Å². The van der Waals surface area contributed by atoms with Gasteiger partial charge in [-0.2, -0.15) is 0 Å². The summed E-state index contributed by atoms with van der Waals surface area (Å²) < 4.78 is 13.1. The molecule has 0 spiro atoms. The normalized spacial score (nSPS) is 46.8. The van der Waals surface area contributed by atoms with Crippen LogP contribution in [-0.4, -0.2) is 19.0 Å². The van der Waals surface area contributed by atoms with Crippen LogP contribution in [0.3, 0.4) is 0 Å². The summed E-state index contributed by atoms with van der Waals surface area (Å²) in [7, 11) is 0. The van der Waals surface area contributed by atoms with Gasteiger partial charge in [0.1, 0.15) is 0 Å². The molecule has 1 aliphatic carbocycles. The molecule has 0 aromatic heterocycles. The van der Waals surface area contributed by atoms with Crippen LogP contribution in [-0.2, 0) is 9.47 Å². The molecule has 3 heteroatoms. The molecule has 0 radical (unpaired) electrons. The number of rotatable bonds is 0. The van der Waals surface area contributed by atoms with Gasteiger partial charge in [0.15, 0.2) is 6.29 Å². The van der Waals surface area contributed by atoms with Crippen molar-refractivity contribution in [2.75, 3.05) is 6.61 Å². The molecule has 0 amide bonds. The van der Waals surface area contributed by atoms with E-state index in [2.05, 4.69) is 28.7 Å². The fourth-order valence-electron chi connectivity index (χ4n) is 2.95. The third kappa shape index (κ3) is 1.53. The molecule has 14 heavy (non-hydrogen) atoms. The lowest BCUT2D eigenvalue weighted by atomic mass is 9.80. The monoisotopic (exact) mass is 306 g/mol. The molecular weight excluding hydrogens is 291 g/mol. The van der Waals surface area contributed by atoms with Crippen LogP contribution in [0.15, 0.2) is 9.66 Å². The van der Waals surface area contributed by atoms with Crippen LogP contribution in [0.2, 0.25) is 0 Å². The Morgan fingerprint density at radius 1 is 1.36 bits per heavy atom. The fourth-order valence-corrected chi connectivity index (χ4v) is 3.64. The number of halogens is 1. The molecule has 3 rings (SSSR count). The highest BCUT2D eigenvalue weighted by Gasteiger charge is 2.46. The van der Waals surface area contributed by atoms with Gasteiger partial charge >= 0.3 is 0 Å². The maximum Gasteiger partial charge on any atom is 0.161 e. The van der Waals surface area contributed by atoms with Crippen LogP contribution >= 0.6 is 22.6 Å². The highest BCUT2D eigenvalue weighted by Crippen LogP contribution is 2.45. The summed E-state index contributed by atoms with van der Waals surface area (Å²) in [5.74, 6) is 1.41. The van der Waals surface area contributed by atoms with Crippen molar-refractivity contribution in [1.82, 2.24) is 0 Å². The van der Waals surface area contributed by atoms with Gasteiger partial charge in [-0.3, -0.25) is 0 Å². The standard InChI is InChI=1S/C11H15IO2/c12-7-3-4-8-9-2-1-5-13-11(9)14-10(8)6-7/h3,8-11H,1-2,4-6H2/t8-,9+,10+,11-/m0/s1. The van der Waals surface area contributed by atoms with Crippen molar-refractivity contribution in [2.24, 2.45) is 11.8 Å². The summed E-state index contributed by atoms with van der Waals surface area (Å²) in [6, 6.07) is 0. The Hall–Kier alpha value is 0.390. The van der Waals surface area contributed by atoms with E-state index in [1.807, 2.05) is 0 Å². The zero-order valence-corrected chi connectivity index (χ0v) is 10.3. The number of allylic oxidation sites excluding steroid dienone is 1. The summed E-state index contributed by atoms with van der Waals surface area (Å²) in [6.45, 7) is 0.894. The van der Waals surface area contributed by atoms with E-state index in [0.717, 1.165) is 18.9 Å². The fraction of sp³-hybridized carbons (Fsp3) is 0.818. The second-order valence-electron chi connectivity index (χ2n) is 4.47. The van der Waals surface area contributed by atoms with Crippen molar-refractivity contribution < 1.29 is 9.47 Å². The third-order valence-electron chi connectivity index (χ3n) is 3.66. The summed E-state index contributed by atoms with van der Waals surface area (Å²) >= 11 is 2.43. The molecule has 2 aliphatic heterocycles. The Labute approximate surface area is 98.2 Å². The van der Waals surface area contributed by atoms with Gasteiger partial charge in [0.25, 0.3) is 0 Å². The van der Waals surface area contributed by atoms with Crippen LogP contribution < -0.4 is 0 Å². The summed E-state index contributed by atoms with van der Waals surface area (Å²) in [6.07, 6.45) is 7.77. The largest absolute Gasteiger partial charge is 0.352 e. The van der Waals surface area contributed by atoms with E-state index in [9.17, 15) is 0 Å². The lowest BCUT2D eigenvalue weighted by Gasteiger charge is -2.28. The SMILES string of the molecule is IC1=CC[C@H]2[C@H]3CCCO[C@H]3O[C@@H]2C1. The Kier molecular flexibility index (Phi) is 2.58. The number of ether oxygens (including phenoxy) is 2. The maximum absolute atomic E-state index is 5.97. The predicted octanol–water partition coefficient (Wildman–Crippen LogP) is 2.87. The summed E-state index contributed by atoms with van der Waals surface area (Å²) in [5, 5.41) is 0. The highest BCUT2D eigenvalue weighted by molar-refractivity contribution is 14.1. The molecule has 0 N–H and O–H groups in total. The second-order valence-corrected chi connectivity index (χ2v) is 5.86. The quantitative estimate of drug-likeness (QED) is 0.641. The second kappa shape index (κ2) is 3.76. The van der Waals surface area contributed by atoms with Crippen LogP contribution in [0.25, 0.3) is 0 Å². The molecule has 2 nitrogen and oxygen atoms in total. The first-order chi connectivity index (χ1) is 6.84. The average Bonchev–Trinajstić information content (AvgIpc) is 2.54. The first-order valence-electron chi connectivity index (χ1n) is 5.46. The van der Waals surface area contributed by atoms with Crippen molar-refractivity contribution in [3.63, 3.8) is 0 Å². The van der Waals surface area contributed by atoms with Crippen molar-refractivity contribution in [3.05, 3.63) is 9.66 Å². The van der Waals surface area contributed by atoms with E-state index in [-0.39, 0.29) is 6.29 Å². The zero-order chi connectivity index (χ0) is 9.54. The van der Waals surface area contributed by atoms with Gasteiger partial charge in [-0.25, -0.2) is 0 Å². The van der Waals surface area contributed by atoms with Gasteiger partial charge in [0, 0.05) is 18.9 Å². The predicted molar refractivity (Wildman–Crippen MR) is 62.2 cm³/mol. The van der Waals surface area contributed by atoms with E-state index < -0.39 is 0 Å². The molecule has 4 atom stereocenters. The van der Waals surface area contributed by atoms with E-state index in [1.165, 1.54) is 22.8 Å². The zero-order valence-electron chi connectivity index (χ0n) is 8.12. The molecule has 2 heterocycles. The Bertz CT molecular complexity index is 264. The molecule has 78 valence electrons. The maximum atomic E-state index is 5.97. The number of hydrogen-bond acceptors (Lipinski definition) is 2.